The molecule has 3 heterocycles. The number of nitriles is 1. The molecule has 0 saturated carbocycles. The van der Waals surface area contributed by atoms with Crippen molar-refractivity contribution in [2.75, 3.05) is 44.8 Å². The van der Waals surface area contributed by atoms with E-state index in [1.165, 1.54) is 0 Å². The topological polar surface area (TPSA) is 81.5 Å². The van der Waals surface area contributed by atoms with Crippen LogP contribution in [0.5, 0.6) is 0 Å². The lowest BCUT2D eigenvalue weighted by molar-refractivity contribution is -0.121. The zero-order valence-corrected chi connectivity index (χ0v) is 17.2. The zero-order valence-electron chi connectivity index (χ0n) is 16.4. The Morgan fingerprint density at radius 1 is 1.52 bits per heavy atom. The number of carbonyl (C=O) groups is 1. The Hall–Kier alpha value is -1.72. The first-order chi connectivity index (χ1) is 12.4. The van der Waals surface area contributed by atoms with E-state index in [4.69, 9.17) is 10.00 Å². The van der Waals surface area contributed by atoms with Crippen molar-refractivity contribution in [2.45, 2.75) is 38.3 Å². The minimum atomic E-state index is -0.172. The van der Waals surface area contributed by atoms with Gasteiger partial charge in [-0.25, -0.2) is 4.98 Å². The van der Waals surface area contributed by atoms with E-state index in [0.29, 0.717) is 31.4 Å². The van der Waals surface area contributed by atoms with Crippen LogP contribution in [0, 0.1) is 11.3 Å². The average molecular weight is 394 g/mol. The monoisotopic (exact) mass is 393 g/mol. The summed E-state index contributed by atoms with van der Waals surface area (Å²) in [7, 11) is 1.69. The van der Waals surface area contributed by atoms with Gasteiger partial charge in [0.25, 0.3) is 0 Å². The Balaban J connectivity index is 0.00000261. The largest absolute Gasteiger partial charge is 0.383 e. The first-order valence-corrected chi connectivity index (χ1v) is 9.03. The number of amides is 1. The second-order valence-corrected chi connectivity index (χ2v) is 7.91. The third-order valence-electron chi connectivity index (χ3n) is 5.30. The molecule has 0 unspecified atom stereocenters. The highest BCUT2D eigenvalue weighted by Crippen LogP contribution is 2.40. The van der Waals surface area contributed by atoms with E-state index >= 15 is 0 Å². The Kier molecular flexibility index (Phi) is 6.82. The lowest BCUT2D eigenvalue weighted by Gasteiger charge is -2.39. The van der Waals surface area contributed by atoms with Gasteiger partial charge >= 0.3 is 0 Å². The van der Waals surface area contributed by atoms with Crippen molar-refractivity contribution in [2.24, 2.45) is 0 Å². The molecular formula is C19H28ClN5O2. The summed E-state index contributed by atoms with van der Waals surface area (Å²) >= 11 is 0. The van der Waals surface area contributed by atoms with Crippen molar-refractivity contribution in [3.63, 3.8) is 0 Å². The molecule has 1 amide bonds. The van der Waals surface area contributed by atoms with Crippen LogP contribution < -0.4 is 10.2 Å². The molecule has 0 radical (unpaired) electrons. The van der Waals surface area contributed by atoms with Crippen LogP contribution in [0.15, 0.2) is 12.3 Å². The number of hydrogen-bond donors (Lipinski definition) is 1. The highest BCUT2D eigenvalue weighted by molar-refractivity contribution is 5.97. The van der Waals surface area contributed by atoms with Gasteiger partial charge in [-0.2, -0.15) is 5.26 Å². The van der Waals surface area contributed by atoms with Crippen LogP contribution >= 0.6 is 12.4 Å². The Bertz CT molecular complexity index is 733. The number of carbonyl (C=O) groups excluding carboxylic acids is 1. The average Bonchev–Trinajstić information content (AvgIpc) is 2.88. The van der Waals surface area contributed by atoms with E-state index in [1.807, 2.05) is 4.90 Å². The van der Waals surface area contributed by atoms with Crippen molar-refractivity contribution in [1.82, 2.24) is 15.2 Å². The summed E-state index contributed by atoms with van der Waals surface area (Å²) < 4.78 is 5.32. The van der Waals surface area contributed by atoms with E-state index in [1.54, 1.807) is 19.4 Å². The van der Waals surface area contributed by atoms with Gasteiger partial charge in [0.05, 0.1) is 18.8 Å². The Morgan fingerprint density at radius 3 is 2.93 bits per heavy atom. The predicted octanol–water partition coefficient (Wildman–Crippen LogP) is 1.31. The summed E-state index contributed by atoms with van der Waals surface area (Å²) in [5.41, 5.74) is 2.01. The van der Waals surface area contributed by atoms with Gasteiger partial charge in [0.2, 0.25) is 5.91 Å². The van der Waals surface area contributed by atoms with Gasteiger partial charge in [0, 0.05) is 56.0 Å². The van der Waals surface area contributed by atoms with Crippen LogP contribution in [0.25, 0.3) is 0 Å². The number of aromatic nitrogens is 1. The number of hydrogen-bond acceptors (Lipinski definition) is 6. The summed E-state index contributed by atoms with van der Waals surface area (Å²) in [6, 6.07) is 4.32. The van der Waals surface area contributed by atoms with Crippen LogP contribution in [-0.2, 0) is 14.9 Å². The number of pyridine rings is 1. The highest BCUT2D eigenvalue weighted by atomic mass is 35.5. The number of nitrogens with zero attached hydrogens (tertiary/aromatic N) is 4. The summed E-state index contributed by atoms with van der Waals surface area (Å²) in [6.07, 6.45) is 1.74. The Labute approximate surface area is 167 Å². The lowest BCUT2D eigenvalue weighted by Crippen LogP contribution is -2.59. The normalized spacial score (nSPS) is 24.0. The van der Waals surface area contributed by atoms with E-state index in [0.717, 1.165) is 24.3 Å². The number of methoxy groups -OCH3 is 1. The lowest BCUT2D eigenvalue weighted by atomic mass is 9.88. The number of halogens is 1. The molecule has 1 N–H and O–H groups in total. The van der Waals surface area contributed by atoms with Crippen molar-refractivity contribution in [3.8, 4) is 6.07 Å². The van der Waals surface area contributed by atoms with Gasteiger partial charge in [-0.05, 0) is 13.0 Å². The number of fused-ring (bicyclic) bond motifs is 1. The molecular weight excluding hydrogens is 366 g/mol. The number of nitrogens with one attached hydrogen (secondary N) is 1. The smallest absolute Gasteiger partial charge is 0.241 e. The van der Waals surface area contributed by atoms with Crippen LogP contribution in [0.3, 0.4) is 0 Å². The summed E-state index contributed by atoms with van der Waals surface area (Å²) in [5, 5.41) is 12.6. The van der Waals surface area contributed by atoms with Gasteiger partial charge in [0.1, 0.15) is 11.8 Å². The molecule has 1 aromatic heterocycles. The number of rotatable bonds is 4. The fraction of sp³-hybridized carbons (Fsp3) is 0.632. The molecule has 0 spiro atoms. The Morgan fingerprint density at radius 2 is 2.26 bits per heavy atom. The molecule has 1 fully saturated rings. The summed E-state index contributed by atoms with van der Waals surface area (Å²) in [4.78, 5) is 21.3. The molecule has 2 aliphatic rings. The molecule has 3 rings (SSSR count). The maximum atomic E-state index is 13.1. The van der Waals surface area contributed by atoms with Crippen molar-refractivity contribution in [1.29, 1.82) is 5.26 Å². The molecule has 0 aromatic carbocycles. The van der Waals surface area contributed by atoms with Gasteiger partial charge in [0.15, 0.2) is 0 Å². The fourth-order valence-corrected chi connectivity index (χ4v) is 3.88. The maximum Gasteiger partial charge on any atom is 0.241 e. The van der Waals surface area contributed by atoms with Crippen LogP contribution in [0.1, 0.15) is 32.0 Å². The summed E-state index contributed by atoms with van der Waals surface area (Å²) in [6.45, 7) is 9.50. The van der Waals surface area contributed by atoms with E-state index < -0.39 is 0 Å². The van der Waals surface area contributed by atoms with Crippen molar-refractivity contribution < 1.29 is 9.53 Å². The van der Waals surface area contributed by atoms with Crippen LogP contribution in [0.4, 0.5) is 5.69 Å². The van der Waals surface area contributed by atoms with Gasteiger partial charge < -0.3 is 15.0 Å². The molecule has 2 aliphatic heterocycles. The second-order valence-electron chi connectivity index (χ2n) is 7.91. The van der Waals surface area contributed by atoms with Crippen LogP contribution in [0.2, 0.25) is 0 Å². The third-order valence-corrected chi connectivity index (χ3v) is 5.30. The van der Waals surface area contributed by atoms with Gasteiger partial charge in [-0.3, -0.25) is 9.69 Å². The number of piperazine rings is 1. The summed E-state index contributed by atoms with van der Waals surface area (Å²) in [5.74, 6) is 0.0575. The first-order valence-electron chi connectivity index (χ1n) is 9.03. The molecule has 148 valence electrons. The van der Waals surface area contributed by atoms with Gasteiger partial charge in [-0.15, -0.1) is 12.4 Å². The van der Waals surface area contributed by atoms with Crippen LogP contribution in [-0.4, -0.2) is 67.8 Å². The predicted molar refractivity (Wildman–Crippen MR) is 106 cm³/mol. The highest BCUT2D eigenvalue weighted by Gasteiger charge is 2.39. The molecule has 1 saturated heterocycles. The first kappa shape index (κ1) is 21.6. The molecule has 7 nitrogen and oxygen atoms in total. The fourth-order valence-electron chi connectivity index (χ4n) is 3.88. The molecule has 2 atom stereocenters. The van der Waals surface area contributed by atoms with E-state index in [9.17, 15) is 4.79 Å². The molecule has 0 aliphatic carbocycles. The number of anilines is 1. The van der Waals surface area contributed by atoms with Gasteiger partial charge in [-0.1, -0.05) is 13.8 Å². The molecule has 27 heavy (non-hydrogen) atoms. The van der Waals surface area contributed by atoms with Crippen molar-refractivity contribution in [3.05, 3.63) is 23.5 Å². The zero-order chi connectivity index (χ0) is 18.9. The maximum absolute atomic E-state index is 13.1. The molecule has 0 bridgehead atoms. The molecule has 8 heteroatoms. The minimum Gasteiger partial charge on any atom is -0.383 e. The van der Waals surface area contributed by atoms with E-state index in [-0.39, 0.29) is 29.8 Å². The number of ether oxygens (including phenoxy) is 1. The SMILES string of the molecule is COC[C@H]1CN[C@H](C)CN1CC(=O)N1CC(C)(C)c2cnc(C#N)cc21.Cl. The minimum absolute atomic E-state index is 0. The second kappa shape index (κ2) is 8.53. The third kappa shape index (κ3) is 4.41. The van der Waals surface area contributed by atoms with E-state index in [2.05, 4.69) is 42.0 Å². The van der Waals surface area contributed by atoms with Crippen molar-refractivity contribution >= 4 is 24.0 Å². The molecule has 1 aromatic rings. The standard InChI is InChI=1S/C19H27N5O2.ClH/c1-13-9-23(15(7-21-13)11-26-4)10-18(25)24-12-19(2,3)16-8-22-14(6-20)5-17(16)24;/h5,8,13,15,21H,7,9-12H2,1-4H3;1H/t13-,15-;/m1./s1. The quantitative estimate of drug-likeness (QED) is 0.830.